The molecule has 0 radical (unpaired) electrons. The van der Waals surface area contributed by atoms with Gasteiger partial charge in [0.1, 0.15) is 0 Å². The van der Waals surface area contributed by atoms with Gasteiger partial charge in [0.15, 0.2) is 0 Å². The highest BCUT2D eigenvalue weighted by atomic mass is 16.6. The Kier molecular flexibility index (Phi) is 3.09. The van der Waals surface area contributed by atoms with E-state index in [9.17, 15) is 5.11 Å². The number of aliphatic hydroxyl groups is 1. The van der Waals surface area contributed by atoms with E-state index >= 15 is 0 Å². The summed E-state index contributed by atoms with van der Waals surface area (Å²) < 4.78 is 10.8. The van der Waals surface area contributed by atoms with Crippen LogP contribution in [0.3, 0.4) is 0 Å². The minimum atomic E-state index is -0.414. The van der Waals surface area contributed by atoms with E-state index in [4.69, 9.17) is 9.47 Å². The lowest BCUT2D eigenvalue weighted by molar-refractivity contribution is -0.0380. The van der Waals surface area contributed by atoms with Gasteiger partial charge in [-0.3, -0.25) is 0 Å². The highest BCUT2D eigenvalue weighted by Crippen LogP contribution is 2.30. The van der Waals surface area contributed by atoms with Crippen molar-refractivity contribution in [1.29, 1.82) is 0 Å². The summed E-state index contributed by atoms with van der Waals surface area (Å²) in [7, 11) is 1.69. The SMILES string of the molecule is CO[C@H]1C(C)[C@@H]([C@H](C)O)O[C@H]1C. The van der Waals surface area contributed by atoms with Crippen molar-refractivity contribution in [3.05, 3.63) is 0 Å². The second-order valence-corrected chi connectivity index (χ2v) is 3.61. The third kappa shape index (κ3) is 1.63. The van der Waals surface area contributed by atoms with Crippen LogP contribution in [0.25, 0.3) is 0 Å². The molecule has 1 heterocycles. The van der Waals surface area contributed by atoms with Crippen LogP contribution in [0, 0.1) is 5.92 Å². The minimum Gasteiger partial charge on any atom is -0.391 e. The van der Waals surface area contributed by atoms with E-state index in [-0.39, 0.29) is 24.2 Å². The van der Waals surface area contributed by atoms with Crippen molar-refractivity contribution in [1.82, 2.24) is 0 Å². The second kappa shape index (κ2) is 3.73. The molecule has 3 nitrogen and oxygen atoms in total. The number of hydrogen-bond donors (Lipinski definition) is 1. The Hall–Kier alpha value is -0.120. The Labute approximate surface area is 73.7 Å². The zero-order valence-electron chi connectivity index (χ0n) is 8.15. The zero-order chi connectivity index (χ0) is 9.30. The molecule has 0 aromatic heterocycles. The summed E-state index contributed by atoms with van der Waals surface area (Å²) in [5.41, 5.74) is 0. The predicted octanol–water partition coefficient (Wildman–Crippen LogP) is 0.806. The molecule has 12 heavy (non-hydrogen) atoms. The Morgan fingerprint density at radius 1 is 1.42 bits per heavy atom. The van der Waals surface area contributed by atoms with Crippen LogP contribution in [0.15, 0.2) is 0 Å². The Bertz CT molecular complexity index is 147. The maximum atomic E-state index is 9.37. The normalized spacial score (nSPS) is 44.8. The fourth-order valence-electron chi connectivity index (χ4n) is 2.02. The Morgan fingerprint density at radius 2 is 2.00 bits per heavy atom. The van der Waals surface area contributed by atoms with E-state index < -0.39 is 6.10 Å². The van der Waals surface area contributed by atoms with Gasteiger partial charge in [0, 0.05) is 13.0 Å². The largest absolute Gasteiger partial charge is 0.391 e. The fraction of sp³-hybridized carbons (Fsp3) is 1.00. The van der Waals surface area contributed by atoms with E-state index in [1.165, 1.54) is 0 Å². The average molecular weight is 174 g/mol. The van der Waals surface area contributed by atoms with E-state index in [2.05, 4.69) is 6.92 Å². The van der Waals surface area contributed by atoms with Crippen molar-refractivity contribution >= 4 is 0 Å². The summed E-state index contributed by atoms with van der Waals surface area (Å²) in [6.45, 7) is 5.79. The molecular formula is C9H18O3. The lowest BCUT2D eigenvalue weighted by Gasteiger charge is -2.19. The quantitative estimate of drug-likeness (QED) is 0.673. The molecule has 72 valence electrons. The van der Waals surface area contributed by atoms with Crippen LogP contribution in [0.1, 0.15) is 20.8 Å². The average Bonchev–Trinajstić information content (AvgIpc) is 2.27. The summed E-state index contributed by atoms with van der Waals surface area (Å²) in [6, 6.07) is 0. The maximum absolute atomic E-state index is 9.37. The van der Waals surface area contributed by atoms with E-state index in [0.29, 0.717) is 0 Å². The standard InChI is InChI=1S/C9H18O3/c1-5-8(6(2)10)12-7(3)9(5)11-4/h5-10H,1-4H3/t5?,6-,7-,8-,9-/m0/s1. The third-order valence-corrected chi connectivity index (χ3v) is 2.62. The number of ether oxygens (including phenoxy) is 2. The lowest BCUT2D eigenvalue weighted by Crippen LogP contribution is -2.31. The summed E-state index contributed by atoms with van der Waals surface area (Å²) in [4.78, 5) is 0. The molecule has 1 fully saturated rings. The van der Waals surface area contributed by atoms with Gasteiger partial charge in [0.05, 0.1) is 24.4 Å². The molecule has 0 bridgehead atoms. The molecular weight excluding hydrogens is 156 g/mol. The Morgan fingerprint density at radius 3 is 2.25 bits per heavy atom. The van der Waals surface area contributed by atoms with Crippen LogP contribution in [0.4, 0.5) is 0 Å². The molecule has 1 aliphatic rings. The van der Waals surface area contributed by atoms with Gasteiger partial charge in [-0.2, -0.15) is 0 Å². The topological polar surface area (TPSA) is 38.7 Å². The molecule has 5 atom stereocenters. The van der Waals surface area contributed by atoms with Gasteiger partial charge < -0.3 is 14.6 Å². The lowest BCUT2D eigenvalue weighted by atomic mass is 9.96. The van der Waals surface area contributed by atoms with Crippen LogP contribution in [-0.2, 0) is 9.47 Å². The molecule has 1 unspecified atom stereocenters. The molecule has 0 amide bonds. The molecule has 0 aromatic carbocycles. The monoisotopic (exact) mass is 174 g/mol. The first kappa shape index (κ1) is 9.96. The maximum Gasteiger partial charge on any atom is 0.0887 e. The van der Waals surface area contributed by atoms with E-state index in [1.54, 1.807) is 14.0 Å². The van der Waals surface area contributed by atoms with Crippen molar-refractivity contribution in [2.45, 2.75) is 45.2 Å². The van der Waals surface area contributed by atoms with Crippen LogP contribution in [0.2, 0.25) is 0 Å². The van der Waals surface area contributed by atoms with Crippen molar-refractivity contribution in [3.63, 3.8) is 0 Å². The fourth-order valence-corrected chi connectivity index (χ4v) is 2.02. The van der Waals surface area contributed by atoms with Gasteiger partial charge in [-0.1, -0.05) is 6.92 Å². The van der Waals surface area contributed by atoms with Crippen molar-refractivity contribution in [3.8, 4) is 0 Å². The number of aliphatic hydroxyl groups excluding tert-OH is 1. The van der Waals surface area contributed by atoms with Gasteiger partial charge in [-0.25, -0.2) is 0 Å². The van der Waals surface area contributed by atoms with Crippen LogP contribution in [0.5, 0.6) is 0 Å². The minimum absolute atomic E-state index is 0.0788. The molecule has 0 aliphatic carbocycles. The molecule has 1 saturated heterocycles. The molecule has 1 aliphatic heterocycles. The zero-order valence-corrected chi connectivity index (χ0v) is 8.15. The van der Waals surface area contributed by atoms with Gasteiger partial charge in [0.25, 0.3) is 0 Å². The van der Waals surface area contributed by atoms with E-state index in [0.717, 1.165) is 0 Å². The molecule has 0 aromatic rings. The smallest absolute Gasteiger partial charge is 0.0887 e. The van der Waals surface area contributed by atoms with Gasteiger partial charge in [0.2, 0.25) is 0 Å². The second-order valence-electron chi connectivity index (χ2n) is 3.61. The van der Waals surface area contributed by atoms with Gasteiger partial charge in [-0.05, 0) is 13.8 Å². The molecule has 1 rings (SSSR count). The number of methoxy groups -OCH3 is 1. The summed E-state index contributed by atoms with van der Waals surface area (Å²) in [5.74, 6) is 0.269. The van der Waals surface area contributed by atoms with Gasteiger partial charge >= 0.3 is 0 Å². The summed E-state index contributed by atoms with van der Waals surface area (Å²) in [5, 5.41) is 9.37. The molecule has 0 spiro atoms. The van der Waals surface area contributed by atoms with Crippen LogP contribution < -0.4 is 0 Å². The molecule has 1 N–H and O–H groups in total. The molecule has 3 heteroatoms. The molecule has 0 saturated carbocycles. The van der Waals surface area contributed by atoms with Crippen molar-refractivity contribution in [2.75, 3.05) is 7.11 Å². The number of rotatable bonds is 2. The van der Waals surface area contributed by atoms with Crippen molar-refractivity contribution < 1.29 is 14.6 Å². The summed E-state index contributed by atoms with van der Waals surface area (Å²) >= 11 is 0. The first-order valence-corrected chi connectivity index (χ1v) is 4.44. The summed E-state index contributed by atoms with van der Waals surface area (Å²) in [6.07, 6.45) is -0.290. The third-order valence-electron chi connectivity index (χ3n) is 2.62. The highest BCUT2D eigenvalue weighted by molar-refractivity contribution is 4.89. The van der Waals surface area contributed by atoms with Crippen LogP contribution >= 0.6 is 0 Å². The predicted molar refractivity (Wildman–Crippen MR) is 46.0 cm³/mol. The van der Waals surface area contributed by atoms with Gasteiger partial charge in [-0.15, -0.1) is 0 Å². The van der Waals surface area contributed by atoms with E-state index in [1.807, 2.05) is 6.92 Å². The first-order valence-electron chi connectivity index (χ1n) is 4.44. The van der Waals surface area contributed by atoms with Crippen molar-refractivity contribution in [2.24, 2.45) is 5.92 Å². The van der Waals surface area contributed by atoms with Crippen LogP contribution in [-0.4, -0.2) is 36.6 Å². The number of hydrogen-bond acceptors (Lipinski definition) is 3. The highest BCUT2D eigenvalue weighted by Gasteiger charge is 2.41. The Balaban J connectivity index is 2.62. The first-order chi connectivity index (χ1) is 5.57.